The van der Waals surface area contributed by atoms with E-state index in [1.165, 1.54) is 6.42 Å². The maximum absolute atomic E-state index is 12.5. The Morgan fingerprint density at radius 1 is 1.07 bits per heavy atom. The van der Waals surface area contributed by atoms with Crippen molar-refractivity contribution >= 4 is 56.9 Å². The van der Waals surface area contributed by atoms with Crippen molar-refractivity contribution in [3.05, 3.63) is 0 Å². The Bertz CT molecular complexity index is 624. The number of rotatable bonds is 10. The molecule has 7 nitrogen and oxygen atoms in total. The Labute approximate surface area is 174 Å². The number of carbonyl (C=O) groups excluding carboxylic acids is 2. The molecule has 0 radical (unpaired) electrons. The quantitative estimate of drug-likeness (QED) is 0.220. The fourth-order valence-corrected chi connectivity index (χ4v) is 4.18. The molecule has 11 heteroatoms. The molecule has 1 fully saturated rings. The van der Waals surface area contributed by atoms with E-state index in [9.17, 15) is 22.6 Å². The average molecular weight is 468 g/mol. The maximum atomic E-state index is 12.5. The molecule has 1 heterocycles. The minimum atomic E-state index is -5.02. The van der Waals surface area contributed by atoms with Crippen LogP contribution in [0, 0.1) is 0 Å². The highest BCUT2D eigenvalue weighted by molar-refractivity contribution is 7.88. The highest BCUT2D eigenvalue weighted by Gasteiger charge is 2.58. The summed E-state index contributed by atoms with van der Waals surface area (Å²) < 4.78 is 38.1. The second-order valence-corrected chi connectivity index (χ2v) is 10.1. The van der Waals surface area contributed by atoms with Gasteiger partial charge >= 0.3 is 16.5 Å². The lowest BCUT2D eigenvalue weighted by molar-refractivity contribution is -0.170. The van der Waals surface area contributed by atoms with E-state index in [0.717, 1.165) is 32.1 Å². The van der Waals surface area contributed by atoms with Crippen molar-refractivity contribution in [2.45, 2.75) is 86.0 Å². The van der Waals surface area contributed by atoms with Crippen molar-refractivity contribution in [1.82, 2.24) is 0 Å². The molecule has 1 rings (SSSR count). The summed E-state index contributed by atoms with van der Waals surface area (Å²) in [5, 5.41) is 0. The van der Waals surface area contributed by atoms with Gasteiger partial charge < -0.3 is 9.47 Å². The van der Waals surface area contributed by atoms with E-state index in [-0.39, 0.29) is 12.8 Å². The van der Waals surface area contributed by atoms with Gasteiger partial charge in [0.05, 0.1) is 6.42 Å². The topological polar surface area (TPSA) is 107 Å². The summed E-state index contributed by atoms with van der Waals surface area (Å²) in [4.78, 5) is 24.5. The number of carbonyl (C=O) groups is 2. The predicted octanol–water partition coefficient (Wildman–Crippen LogP) is 4.33. The van der Waals surface area contributed by atoms with Crippen LogP contribution in [-0.2, 0) is 29.2 Å². The van der Waals surface area contributed by atoms with Gasteiger partial charge in [0.15, 0.2) is 0 Å². The molecule has 0 bridgehead atoms. The van der Waals surface area contributed by atoms with E-state index >= 15 is 0 Å². The molecule has 2 unspecified atom stereocenters. The van der Waals surface area contributed by atoms with Crippen LogP contribution in [0.25, 0.3) is 0 Å². The van der Waals surface area contributed by atoms with E-state index in [0.29, 0.717) is 6.42 Å². The molecule has 0 aromatic heterocycles. The van der Waals surface area contributed by atoms with E-state index < -0.39 is 43.3 Å². The molecule has 27 heavy (non-hydrogen) atoms. The first-order chi connectivity index (χ1) is 12.5. The van der Waals surface area contributed by atoms with E-state index in [1.54, 1.807) is 0 Å². The molecule has 2 atom stereocenters. The minimum absolute atomic E-state index is 0.276. The van der Waals surface area contributed by atoms with Gasteiger partial charge in [0.2, 0.25) is 10.3 Å². The molecule has 1 aliphatic rings. The number of cyclic esters (lactones) is 2. The van der Waals surface area contributed by atoms with Crippen molar-refractivity contribution in [3.8, 4) is 0 Å². The smallest absolute Gasteiger partial charge is 0.333 e. The third kappa shape index (κ3) is 6.92. The maximum Gasteiger partial charge on any atom is 0.333 e. The Hall–Kier alpha value is -0.280. The summed E-state index contributed by atoms with van der Waals surface area (Å²) in [7, 11) is -5.02. The summed E-state index contributed by atoms with van der Waals surface area (Å²) in [6.45, 7) is 2.12. The van der Waals surface area contributed by atoms with Crippen LogP contribution in [0.2, 0.25) is 0 Å². The van der Waals surface area contributed by atoms with Crippen LogP contribution in [0.5, 0.6) is 0 Å². The Morgan fingerprint density at radius 3 is 2.11 bits per heavy atom. The number of hydrogen-bond acceptors (Lipinski definition) is 6. The second-order valence-electron chi connectivity index (χ2n) is 6.63. The van der Waals surface area contributed by atoms with Crippen molar-refractivity contribution in [1.29, 1.82) is 0 Å². The molecule has 1 saturated heterocycles. The van der Waals surface area contributed by atoms with Gasteiger partial charge in [0.25, 0.3) is 10.1 Å². The minimum Gasteiger partial charge on any atom is -0.439 e. The van der Waals surface area contributed by atoms with E-state index in [4.69, 9.17) is 44.3 Å². The third-order valence-electron chi connectivity index (χ3n) is 4.46. The van der Waals surface area contributed by atoms with Crippen LogP contribution in [0.4, 0.5) is 0 Å². The molecular formula is C16H25Cl3O7S. The molecule has 158 valence electrons. The molecule has 0 amide bonds. The van der Waals surface area contributed by atoms with Crippen LogP contribution >= 0.6 is 34.8 Å². The summed E-state index contributed by atoms with van der Waals surface area (Å²) in [5.41, 5.74) is -1.72. The zero-order valence-electron chi connectivity index (χ0n) is 15.1. The molecule has 1 N–H and O–H groups in total. The number of esters is 2. The lowest BCUT2D eigenvalue weighted by Crippen LogP contribution is -2.54. The molecule has 0 aromatic rings. The second kappa shape index (κ2) is 10.5. The Morgan fingerprint density at radius 2 is 1.59 bits per heavy atom. The lowest BCUT2D eigenvalue weighted by atomic mass is 9.95. The molecular weight excluding hydrogens is 443 g/mol. The zero-order chi connectivity index (χ0) is 20.7. The van der Waals surface area contributed by atoms with E-state index in [1.807, 2.05) is 0 Å². The number of halogens is 3. The third-order valence-corrected chi connectivity index (χ3v) is 7.13. The zero-order valence-corrected chi connectivity index (χ0v) is 18.2. The molecule has 0 saturated carbocycles. The normalized spacial score (nSPS) is 26.0. The van der Waals surface area contributed by atoms with Crippen LogP contribution in [0.1, 0.15) is 71.1 Å². The van der Waals surface area contributed by atoms with E-state index in [2.05, 4.69) is 6.92 Å². The first-order valence-electron chi connectivity index (χ1n) is 8.88. The highest BCUT2D eigenvalue weighted by Crippen LogP contribution is 2.40. The van der Waals surface area contributed by atoms with Gasteiger partial charge in [-0.05, 0) is 6.42 Å². The van der Waals surface area contributed by atoms with Crippen molar-refractivity contribution in [2.24, 2.45) is 0 Å². The van der Waals surface area contributed by atoms with Crippen LogP contribution in [-0.4, -0.2) is 39.7 Å². The predicted molar refractivity (Wildman–Crippen MR) is 102 cm³/mol. The molecule has 0 aliphatic carbocycles. The standard InChI is InChI=1S/C16H25Cl3O7S/c1-2-3-4-5-6-7-8-9-10-15(27(22,23)24)11-12(20)25-13(17)16(18,19)26-14(15)21/h13H,2-11H2,1H3,(H,22,23,24). The number of ether oxygens (including phenoxy) is 2. The Kier molecular flexibility index (Phi) is 9.61. The largest absolute Gasteiger partial charge is 0.439 e. The molecule has 1 aliphatic heterocycles. The number of hydrogen-bond donors (Lipinski definition) is 1. The SMILES string of the molecule is CCCCCCCCCCC1(S(=O)(=O)O)CC(=O)OC(Cl)C(Cl)(Cl)OC1=O. The van der Waals surface area contributed by atoms with Gasteiger partial charge in [-0.2, -0.15) is 8.42 Å². The van der Waals surface area contributed by atoms with Gasteiger partial charge in [0, 0.05) is 0 Å². The van der Waals surface area contributed by atoms with Gasteiger partial charge in [-0.15, -0.1) is 0 Å². The van der Waals surface area contributed by atoms with Gasteiger partial charge in [-0.3, -0.25) is 14.1 Å². The van der Waals surface area contributed by atoms with Crippen LogP contribution < -0.4 is 0 Å². The van der Waals surface area contributed by atoms with Crippen molar-refractivity contribution in [3.63, 3.8) is 0 Å². The van der Waals surface area contributed by atoms with Crippen LogP contribution in [0.3, 0.4) is 0 Å². The van der Waals surface area contributed by atoms with Gasteiger partial charge in [-0.1, -0.05) is 93.1 Å². The number of unbranched alkanes of at least 4 members (excludes halogenated alkanes) is 7. The summed E-state index contributed by atoms with van der Waals surface area (Å²) in [5.74, 6) is -2.56. The average Bonchev–Trinajstić information content (AvgIpc) is 2.53. The fourth-order valence-electron chi connectivity index (χ4n) is 2.85. The number of alkyl halides is 3. The van der Waals surface area contributed by atoms with Crippen molar-refractivity contribution < 1.29 is 32.0 Å². The van der Waals surface area contributed by atoms with Crippen molar-refractivity contribution in [2.75, 3.05) is 0 Å². The molecule has 0 aromatic carbocycles. The summed E-state index contributed by atoms with van der Waals surface area (Å²) >= 11 is 17.1. The fraction of sp³-hybridized carbons (Fsp3) is 0.875. The Balaban J connectivity index is 2.83. The van der Waals surface area contributed by atoms with Gasteiger partial charge in [0.1, 0.15) is 0 Å². The monoisotopic (exact) mass is 466 g/mol. The molecule has 0 spiro atoms. The van der Waals surface area contributed by atoms with Crippen LogP contribution in [0.15, 0.2) is 0 Å². The first-order valence-corrected chi connectivity index (χ1v) is 11.5. The highest BCUT2D eigenvalue weighted by atomic mass is 35.5. The summed E-state index contributed by atoms with van der Waals surface area (Å²) in [6, 6.07) is 0. The summed E-state index contributed by atoms with van der Waals surface area (Å²) in [6.07, 6.45) is 5.96. The lowest BCUT2D eigenvalue weighted by Gasteiger charge is -2.35. The van der Waals surface area contributed by atoms with Gasteiger partial charge in [-0.25, -0.2) is 0 Å². The first kappa shape index (κ1) is 24.8.